The summed E-state index contributed by atoms with van der Waals surface area (Å²) in [6.45, 7) is 2.24. The zero-order valence-electron chi connectivity index (χ0n) is 20.3. The predicted molar refractivity (Wildman–Crippen MR) is 139 cm³/mol. The van der Waals surface area contributed by atoms with Gasteiger partial charge in [-0.1, -0.05) is 23.9 Å². The van der Waals surface area contributed by atoms with Crippen molar-refractivity contribution in [3.8, 4) is 0 Å². The van der Waals surface area contributed by atoms with Crippen LogP contribution >= 0.6 is 11.8 Å². The molecule has 5 rings (SSSR count). The van der Waals surface area contributed by atoms with Crippen molar-refractivity contribution < 1.29 is 19.2 Å². The van der Waals surface area contributed by atoms with Gasteiger partial charge >= 0.3 is 0 Å². The fourth-order valence-corrected chi connectivity index (χ4v) is 5.55. The minimum Gasteiger partial charge on any atom is -0.376 e. The van der Waals surface area contributed by atoms with Crippen LogP contribution in [0.25, 0.3) is 10.9 Å². The highest BCUT2D eigenvalue weighted by molar-refractivity contribution is 7.98. The topological polar surface area (TPSA) is 126 Å². The molecule has 2 aliphatic heterocycles. The number of carbonyl (C=O) groups is 1. The van der Waals surface area contributed by atoms with Gasteiger partial charge in [0.2, 0.25) is 0 Å². The van der Waals surface area contributed by atoms with E-state index in [2.05, 4.69) is 5.32 Å². The van der Waals surface area contributed by atoms with Crippen LogP contribution in [0.5, 0.6) is 0 Å². The second-order valence-electron chi connectivity index (χ2n) is 9.23. The molecule has 37 heavy (non-hydrogen) atoms. The summed E-state index contributed by atoms with van der Waals surface area (Å²) >= 11 is 1.38. The van der Waals surface area contributed by atoms with Crippen molar-refractivity contribution in [1.29, 1.82) is 0 Å². The molecule has 2 atom stereocenters. The van der Waals surface area contributed by atoms with Crippen LogP contribution in [-0.4, -0.2) is 52.3 Å². The molecule has 2 aliphatic rings. The molecule has 1 N–H and O–H groups in total. The Balaban J connectivity index is 1.41. The number of nitro benzene ring substituents is 1. The molecule has 10 nitrogen and oxygen atoms in total. The van der Waals surface area contributed by atoms with Gasteiger partial charge in [0.15, 0.2) is 5.16 Å². The molecule has 194 valence electrons. The van der Waals surface area contributed by atoms with Gasteiger partial charge in [0.25, 0.3) is 17.2 Å². The standard InChI is InChI=1S/C26H28N4O6S/c31-24(27-14-20-3-1-11-35-20)18-7-10-22-23(13-18)28-26(29(25(22)32)15-21-4-2-12-36-21)37-16-17-5-8-19(9-6-17)30(33)34/h5-10,13,20-21H,1-4,11-12,14-16H2,(H,27,31). The number of benzene rings is 2. The van der Waals surface area contributed by atoms with Gasteiger partial charge in [-0.2, -0.15) is 0 Å². The quantitative estimate of drug-likeness (QED) is 0.194. The molecule has 0 bridgehead atoms. The maximum absolute atomic E-state index is 13.5. The molecule has 3 heterocycles. The van der Waals surface area contributed by atoms with E-state index in [1.165, 1.54) is 23.9 Å². The Bertz CT molecular complexity index is 1350. The van der Waals surface area contributed by atoms with Crippen LogP contribution in [0.3, 0.4) is 0 Å². The SMILES string of the molecule is O=C(NCC1CCCO1)c1ccc2c(=O)n(CC3CCCO3)c(SCc3ccc([N+](=O)[O-])cc3)nc2c1. The lowest BCUT2D eigenvalue weighted by Gasteiger charge is -2.17. The van der Waals surface area contributed by atoms with Gasteiger partial charge in [-0.05, 0) is 49.4 Å². The highest BCUT2D eigenvalue weighted by Crippen LogP contribution is 2.25. The summed E-state index contributed by atoms with van der Waals surface area (Å²) < 4.78 is 13.0. The van der Waals surface area contributed by atoms with Crippen molar-refractivity contribution >= 4 is 34.3 Å². The van der Waals surface area contributed by atoms with Crippen molar-refractivity contribution in [3.63, 3.8) is 0 Å². The number of hydrogen-bond donors (Lipinski definition) is 1. The minimum atomic E-state index is -0.435. The lowest BCUT2D eigenvalue weighted by Crippen LogP contribution is -2.32. The number of amides is 1. The Labute approximate surface area is 217 Å². The minimum absolute atomic E-state index is 0.0261. The lowest BCUT2D eigenvalue weighted by atomic mass is 10.1. The van der Waals surface area contributed by atoms with Crippen molar-refractivity contribution in [2.75, 3.05) is 19.8 Å². The summed E-state index contributed by atoms with van der Waals surface area (Å²) in [4.78, 5) is 41.6. The highest BCUT2D eigenvalue weighted by Gasteiger charge is 2.22. The average molecular weight is 525 g/mol. The first-order valence-corrected chi connectivity index (χ1v) is 13.4. The number of nitrogens with one attached hydrogen (secondary N) is 1. The van der Waals surface area contributed by atoms with Crippen LogP contribution in [0.1, 0.15) is 41.6 Å². The molecule has 2 unspecified atom stereocenters. The Morgan fingerprint density at radius 1 is 1.11 bits per heavy atom. The summed E-state index contributed by atoms with van der Waals surface area (Å²) in [5, 5.41) is 14.8. The van der Waals surface area contributed by atoms with Crippen molar-refractivity contribution in [1.82, 2.24) is 14.9 Å². The van der Waals surface area contributed by atoms with E-state index < -0.39 is 4.92 Å². The van der Waals surface area contributed by atoms with E-state index in [0.717, 1.165) is 37.9 Å². The summed E-state index contributed by atoms with van der Waals surface area (Å²) in [6.07, 6.45) is 3.74. The number of rotatable bonds is 9. The molecule has 0 radical (unpaired) electrons. The first-order valence-electron chi connectivity index (χ1n) is 12.4. The van der Waals surface area contributed by atoms with E-state index in [9.17, 15) is 19.7 Å². The van der Waals surface area contributed by atoms with Crippen molar-refractivity contribution in [3.05, 3.63) is 74.1 Å². The second kappa shape index (κ2) is 11.4. The fourth-order valence-electron chi connectivity index (χ4n) is 4.58. The number of ether oxygens (including phenoxy) is 2. The van der Waals surface area contributed by atoms with Gasteiger partial charge in [0, 0.05) is 43.2 Å². The summed E-state index contributed by atoms with van der Waals surface area (Å²) in [5.41, 5.74) is 1.59. The third-order valence-electron chi connectivity index (χ3n) is 6.62. The maximum Gasteiger partial charge on any atom is 0.269 e. The van der Waals surface area contributed by atoms with E-state index >= 15 is 0 Å². The highest BCUT2D eigenvalue weighted by atomic mass is 32.2. The van der Waals surface area contributed by atoms with Gasteiger partial charge in [0.05, 0.1) is 34.6 Å². The molecule has 11 heteroatoms. The maximum atomic E-state index is 13.5. The van der Waals surface area contributed by atoms with Gasteiger partial charge in [-0.15, -0.1) is 0 Å². The van der Waals surface area contributed by atoms with E-state index in [4.69, 9.17) is 14.5 Å². The Morgan fingerprint density at radius 2 is 1.84 bits per heavy atom. The molecule has 2 aromatic carbocycles. The number of fused-ring (bicyclic) bond motifs is 1. The predicted octanol–water partition coefficient (Wildman–Crippen LogP) is 3.68. The number of carbonyl (C=O) groups excluding carboxylic acids is 1. The van der Waals surface area contributed by atoms with Gasteiger partial charge < -0.3 is 14.8 Å². The molecular weight excluding hydrogens is 496 g/mol. The van der Waals surface area contributed by atoms with Crippen LogP contribution in [0, 0.1) is 10.1 Å². The number of thioether (sulfide) groups is 1. The fraction of sp³-hybridized carbons (Fsp3) is 0.423. The van der Waals surface area contributed by atoms with Crippen LogP contribution in [0.2, 0.25) is 0 Å². The lowest BCUT2D eigenvalue weighted by molar-refractivity contribution is -0.384. The smallest absolute Gasteiger partial charge is 0.269 e. The Morgan fingerprint density at radius 3 is 2.51 bits per heavy atom. The summed E-state index contributed by atoms with van der Waals surface area (Å²) in [5.74, 6) is 0.242. The third kappa shape index (κ3) is 6.00. The molecule has 1 aromatic heterocycles. The van der Waals surface area contributed by atoms with E-state index in [-0.39, 0.29) is 29.4 Å². The van der Waals surface area contributed by atoms with Crippen molar-refractivity contribution in [2.24, 2.45) is 0 Å². The van der Waals surface area contributed by atoms with Gasteiger partial charge in [-0.3, -0.25) is 24.3 Å². The first kappa shape index (κ1) is 25.4. The van der Waals surface area contributed by atoms with E-state index in [1.807, 2.05) is 0 Å². The zero-order valence-corrected chi connectivity index (χ0v) is 21.1. The molecule has 0 saturated carbocycles. The normalized spacial score (nSPS) is 19.4. The van der Waals surface area contributed by atoms with E-state index in [0.29, 0.717) is 47.1 Å². The molecule has 0 aliphatic carbocycles. The molecule has 2 saturated heterocycles. The van der Waals surface area contributed by atoms with Gasteiger partial charge in [-0.25, -0.2) is 4.98 Å². The van der Waals surface area contributed by atoms with Crippen LogP contribution in [0.15, 0.2) is 52.4 Å². The second-order valence-corrected chi connectivity index (χ2v) is 10.2. The summed E-state index contributed by atoms with van der Waals surface area (Å²) in [6, 6.07) is 11.3. The van der Waals surface area contributed by atoms with Crippen LogP contribution in [-0.2, 0) is 21.8 Å². The average Bonchev–Trinajstić information content (AvgIpc) is 3.62. The third-order valence-corrected chi connectivity index (χ3v) is 7.67. The van der Waals surface area contributed by atoms with E-state index in [1.54, 1.807) is 34.9 Å². The monoisotopic (exact) mass is 524 g/mol. The molecule has 2 fully saturated rings. The first-order chi connectivity index (χ1) is 18.0. The zero-order chi connectivity index (χ0) is 25.8. The number of aromatic nitrogens is 2. The van der Waals surface area contributed by atoms with Gasteiger partial charge in [0.1, 0.15) is 0 Å². The molecular formula is C26H28N4O6S. The van der Waals surface area contributed by atoms with Crippen LogP contribution < -0.4 is 10.9 Å². The molecule has 0 spiro atoms. The van der Waals surface area contributed by atoms with Crippen LogP contribution in [0.4, 0.5) is 5.69 Å². The largest absolute Gasteiger partial charge is 0.376 e. The Kier molecular flexibility index (Phi) is 7.82. The van der Waals surface area contributed by atoms with Crippen molar-refractivity contribution in [2.45, 2.75) is 55.3 Å². The molecule has 1 amide bonds. The number of non-ortho nitro benzene ring substituents is 1. The summed E-state index contributed by atoms with van der Waals surface area (Å²) in [7, 11) is 0. The Hall–Kier alpha value is -3.28. The number of nitrogens with zero attached hydrogens (tertiary/aromatic N) is 3. The number of nitro groups is 1. The number of hydrogen-bond acceptors (Lipinski definition) is 8. The molecule has 3 aromatic rings.